The molecule has 2 heterocycles. The summed E-state index contributed by atoms with van der Waals surface area (Å²) in [6, 6.07) is 17.5. The number of ether oxygens (including phenoxy) is 1. The van der Waals surface area contributed by atoms with Crippen molar-refractivity contribution in [2.75, 3.05) is 12.0 Å². The maximum atomic E-state index is 13.9. The van der Waals surface area contributed by atoms with E-state index >= 15 is 0 Å². The number of rotatable bonds is 9. The molecule has 0 fully saturated rings. The highest BCUT2D eigenvalue weighted by Crippen LogP contribution is 2.33. The van der Waals surface area contributed by atoms with E-state index in [1.54, 1.807) is 41.0 Å². The number of nitrogens with zero attached hydrogens (tertiary/aromatic N) is 4. The molecule has 35 heavy (non-hydrogen) atoms. The molecule has 4 rings (SSSR count). The van der Waals surface area contributed by atoms with Crippen molar-refractivity contribution in [2.24, 2.45) is 0 Å². The smallest absolute Gasteiger partial charge is 0.249 e. The molecule has 8 nitrogen and oxygen atoms in total. The average molecular weight is 492 g/mol. The first kappa shape index (κ1) is 24.4. The Balaban J connectivity index is 1.77. The summed E-state index contributed by atoms with van der Waals surface area (Å²) in [5.74, 6) is 0.133. The van der Waals surface area contributed by atoms with Gasteiger partial charge in [-0.2, -0.15) is 0 Å². The lowest BCUT2D eigenvalue weighted by Crippen LogP contribution is -2.50. The van der Waals surface area contributed by atoms with Crippen LogP contribution in [-0.4, -0.2) is 39.5 Å². The summed E-state index contributed by atoms with van der Waals surface area (Å²) < 4.78 is 6.86. The molecule has 4 aromatic rings. The van der Waals surface area contributed by atoms with Crippen molar-refractivity contribution < 1.29 is 14.3 Å². The number of aromatic nitrogens is 3. The summed E-state index contributed by atoms with van der Waals surface area (Å²) in [4.78, 5) is 29.9. The Morgan fingerprint density at radius 3 is 2.51 bits per heavy atom. The molecule has 2 amide bonds. The Bertz CT molecular complexity index is 1300. The highest BCUT2D eigenvalue weighted by molar-refractivity contribution is 7.10. The summed E-state index contributed by atoms with van der Waals surface area (Å²) in [6.07, 6.45) is 0.747. The molecular formula is C26H29N5O3S. The monoisotopic (exact) mass is 491 g/mol. The van der Waals surface area contributed by atoms with Gasteiger partial charge in [0, 0.05) is 16.1 Å². The lowest BCUT2D eigenvalue weighted by Gasteiger charge is -2.34. The Hall–Kier alpha value is -3.72. The van der Waals surface area contributed by atoms with E-state index in [1.807, 2.05) is 62.5 Å². The third kappa shape index (κ3) is 5.35. The third-order valence-corrected chi connectivity index (χ3v) is 6.91. The Morgan fingerprint density at radius 2 is 1.86 bits per heavy atom. The van der Waals surface area contributed by atoms with E-state index in [1.165, 1.54) is 11.3 Å². The molecule has 1 unspecified atom stereocenters. The van der Waals surface area contributed by atoms with Crippen LogP contribution in [0.25, 0.3) is 11.0 Å². The number of thiophene rings is 1. The number of hydrogen-bond acceptors (Lipinski definition) is 6. The van der Waals surface area contributed by atoms with Crippen LogP contribution in [0, 0.1) is 0 Å². The van der Waals surface area contributed by atoms with Crippen molar-refractivity contribution >= 4 is 39.9 Å². The minimum absolute atomic E-state index is 0.0706. The van der Waals surface area contributed by atoms with Crippen molar-refractivity contribution in [2.45, 2.75) is 45.3 Å². The van der Waals surface area contributed by atoms with E-state index < -0.39 is 11.6 Å². The number of carbonyl (C=O) groups excluding carboxylic acids is 2. The van der Waals surface area contributed by atoms with Crippen LogP contribution >= 0.6 is 11.3 Å². The van der Waals surface area contributed by atoms with Crippen LogP contribution < -0.4 is 15.0 Å². The fourth-order valence-electron chi connectivity index (χ4n) is 3.73. The fourth-order valence-corrected chi connectivity index (χ4v) is 4.54. The van der Waals surface area contributed by atoms with Gasteiger partial charge in [-0.05, 0) is 68.1 Å². The highest BCUT2D eigenvalue weighted by Gasteiger charge is 2.36. The standard InChI is InChI=1S/C26H29N5O3S/c1-5-26(2,3)27-25(33)24(22-11-8-16-35-22)31(18-12-14-19(34-4)15-13-18)23(32)17-30-21-10-7-6-9-20(21)28-29-30/h6-16,24H,5,17H2,1-4H3,(H,27,33). The van der Waals surface area contributed by atoms with Crippen molar-refractivity contribution in [3.05, 3.63) is 70.9 Å². The van der Waals surface area contributed by atoms with Gasteiger partial charge in [-0.1, -0.05) is 30.3 Å². The largest absolute Gasteiger partial charge is 0.497 e. The lowest BCUT2D eigenvalue weighted by atomic mass is 10.0. The van der Waals surface area contributed by atoms with Crippen molar-refractivity contribution in [1.82, 2.24) is 20.3 Å². The Labute approximate surface area is 208 Å². The summed E-state index contributed by atoms with van der Waals surface area (Å²) in [7, 11) is 1.59. The van der Waals surface area contributed by atoms with Gasteiger partial charge in [0.25, 0.3) is 0 Å². The van der Waals surface area contributed by atoms with Gasteiger partial charge in [0.15, 0.2) is 0 Å². The molecule has 2 aromatic carbocycles. The molecule has 0 radical (unpaired) electrons. The van der Waals surface area contributed by atoms with Gasteiger partial charge in [-0.25, -0.2) is 4.68 Å². The maximum Gasteiger partial charge on any atom is 0.249 e. The topological polar surface area (TPSA) is 89.4 Å². The molecule has 2 aromatic heterocycles. The predicted octanol–water partition coefficient (Wildman–Crippen LogP) is 4.58. The van der Waals surface area contributed by atoms with E-state index in [-0.39, 0.29) is 18.4 Å². The molecular weight excluding hydrogens is 462 g/mol. The van der Waals surface area contributed by atoms with E-state index in [0.29, 0.717) is 17.0 Å². The van der Waals surface area contributed by atoms with Crippen LogP contribution in [0.4, 0.5) is 5.69 Å². The van der Waals surface area contributed by atoms with Gasteiger partial charge < -0.3 is 10.1 Å². The molecule has 0 aliphatic carbocycles. The minimum Gasteiger partial charge on any atom is -0.497 e. The minimum atomic E-state index is -0.850. The molecule has 0 aliphatic heterocycles. The number of hydrogen-bond donors (Lipinski definition) is 1. The SMILES string of the molecule is CCC(C)(C)NC(=O)C(c1cccs1)N(C(=O)Cn1nnc2ccccc21)c1ccc(OC)cc1. The number of para-hydroxylation sites is 1. The van der Waals surface area contributed by atoms with Crippen LogP contribution in [0.2, 0.25) is 0 Å². The van der Waals surface area contributed by atoms with Gasteiger partial charge in [0.2, 0.25) is 11.8 Å². The molecule has 1 atom stereocenters. The number of nitrogens with one attached hydrogen (secondary N) is 1. The quantitative estimate of drug-likeness (QED) is 0.370. The number of benzene rings is 2. The number of carbonyl (C=O) groups is 2. The van der Waals surface area contributed by atoms with Crippen LogP contribution in [-0.2, 0) is 16.1 Å². The normalized spacial score (nSPS) is 12.3. The summed E-state index contributed by atoms with van der Waals surface area (Å²) >= 11 is 1.44. The maximum absolute atomic E-state index is 13.9. The summed E-state index contributed by atoms with van der Waals surface area (Å²) in [5, 5.41) is 13.4. The Morgan fingerprint density at radius 1 is 1.11 bits per heavy atom. The molecule has 1 N–H and O–H groups in total. The van der Waals surface area contributed by atoms with Crippen LogP contribution in [0.5, 0.6) is 5.75 Å². The first-order valence-corrected chi connectivity index (χ1v) is 12.3. The molecule has 0 bridgehead atoms. The molecule has 0 spiro atoms. The molecule has 0 aliphatic rings. The first-order valence-electron chi connectivity index (χ1n) is 11.4. The zero-order valence-corrected chi connectivity index (χ0v) is 21.1. The second-order valence-electron chi connectivity index (χ2n) is 8.84. The lowest BCUT2D eigenvalue weighted by molar-refractivity contribution is -0.128. The van der Waals surface area contributed by atoms with E-state index in [0.717, 1.165) is 16.8 Å². The number of anilines is 1. The van der Waals surface area contributed by atoms with E-state index in [2.05, 4.69) is 15.6 Å². The average Bonchev–Trinajstić information content (AvgIpc) is 3.53. The van der Waals surface area contributed by atoms with Gasteiger partial charge in [-0.3, -0.25) is 14.5 Å². The molecule has 0 saturated heterocycles. The van der Waals surface area contributed by atoms with Crippen LogP contribution in [0.3, 0.4) is 0 Å². The zero-order chi connectivity index (χ0) is 25.0. The number of amides is 2. The zero-order valence-electron chi connectivity index (χ0n) is 20.3. The Kier molecular flexibility index (Phi) is 7.16. The van der Waals surface area contributed by atoms with Crippen molar-refractivity contribution in [3.8, 4) is 5.75 Å². The van der Waals surface area contributed by atoms with Gasteiger partial charge in [0.05, 0.1) is 12.6 Å². The van der Waals surface area contributed by atoms with E-state index in [4.69, 9.17) is 4.74 Å². The first-order chi connectivity index (χ1) is 16.8. The third-order valence-electron chi connectivity index (χ3n) is 5.99. The molecule has 182 valence electrons. The summed E-state index contributed by atoms with van der Waals surface area (Å²) in [5.41, 5.74) is 1.61. The molecule has 9 heteroatoms. The highest BCUT2D eigenvalue weighted by atomic mass is 32.1. The van der Waals surface area contributed by atoms with Crippen molar-refractivity contribution in [3.63, 3.8) is 0 Å². The van der Waals surface area contributed by atoms with Crippen molar-refractivity contribution in [1.29, 1.82) is 0 Å². The van der Waals surface area contributed by atoms with Crippen LogP contribution in [0.1, 0.15) is 38.1 Å². The summed E-state index contributed by atoms with van der Waals surface area (Å²) in [6.45, 7) is 5.89. The second kappa shape index (κ2) is 10.3. The fraction of sp³-hybridized carbons (Fsp3) is 0.308. The number of methoxy groups -OCH3 is 1. The predicted molar refractivity (Wildman–Crippen MR) is 138 cm³/mol. The number of fused-ring (bicyclic) bond motifs is 1. The van der Waals surface area contributed by atoms with Gasteiger partial charge in [-0.15, -0.1) is 16.4 Å². The molecule has 0 saturated carbocycles. The van der Waals surface area contributed by atoms with Gasteiger partial charge >= 0.3 is 0 Å². The van der Waals surface area contributed by atoms with E-state index in [9.17, 15) is 9.59 Å². The second-order valence-corrected chi connectivity index (χ2v) is 9.82. The van der Waals surface area contributed by atoms with Gasteiger partial charge in [0.1, 0.15) is 23.9 Å². The van der Waals surface area contributed by atoms with Crippen LogP contribution in [0.15, 0.2) is 66.0 Å².